The minimum Gasteiger partial charge on any atom is -0.464 e. The summed E-state index contributed by atoms with van der Waals surface area (Å²) >= 11 is 1.25. The van der Waals surface area contributed by atoms with Gasteiger partial charge >= 0.3 is 0 Å². The molecular weight excluding hydrogens is 330 g/mol. The van der Waals surface area contributed by atoms with Gasteiger partial charge in [-0.25, -0.2) is 0 Å². The van der Waals surface area contributed by atoms with Crippen LogP contribution in [0.1, 0.15) is 37.2 Å². The molecule has 24 heavy (non-hydrogen) atoms. The maximum Gasteiger partial charge on any atom is 0.238 e. The molecule has 8 heteroatoms. The van der Waals surface area contributed by atoms with Crippen LogP contribution in [-0.4, -0.2) is 28.0 Å². The topological polar surface area (TPSA) is 97.4 Å². The average Bonchev–Trinajstić information content (AvgIpc) is 3.13. The van der Waals surface area contributed by atoms with Crippen molar-refractivity contribution in [1.29, 1.82) is 0 Å². The lowest BCUT2D eigenvalue weighted by atomic mass is 10.2. The van der Waals surface area contributed by atoms with Crippen molar-refractivity contribution in [3.05, 3.63) is 35.5 Å². The van der Waals surface area contributed by atoms with Gasteiger partial charge < -0.3 is 19.6 Å². The van der Waals surface area contributed by atoms with E-state index < -0.39 is 5.25 Å². The largest absolute Gasteiger partial charge is 0.464 e. The van der Waals surface area contributed by atoms with E-state index in [9.17, 15) is 9.59 Å². The molecule has 2 rings (SSSR count). The van der Waals surface area contributed by atoms with Gasteiger partial charge in [0.25, 0.3) is 0 Å². The predicted molar refractivity (Wildman–Crippen MR) is 91.8 cm³/mol. The fourth-order valence-electron chi connectivity index (χ4n) is 1.97. The minimum atomic E-state index is -0.395. The maximum absolute atomic E-state index is 12.0. The van der Waals surface area contributed by atoms with Gasteiger partial charge in [0.1, 0.15) is 17.3 Å². The highest BCUT2D eigenvalue weighted by Gasteiger charge is 2.18. The van der Waals surface area contributed by atoms with Crippen LogP contribution in [0.2, 0.25) is 0 Å². The van der Waals surface area contributed by atoms with Crippen LogP contribution < -0.4 is 10.6 Å². The Morgan fingerprint density at radius 1 is 1.25 bits per heavy atom. The molecule has 0 bridgehead atoms. The molecule has 2 N–H and O–H groups in total. The van der Waals surface area contributed by atoms with Gasteiger partial charge in [-0.15, -0.1) is 11.8 Å². The van der Waals surface area contributed by atoms with Gasteiger partial charge in [-0.3, -0.25) is 9.59 Å². The van der Waals surface area contributed by atoms with Gasteiger partial charge in [-0.05, 0) is 39.8 Å². The summed E-state index contributed by atoms with van der Waals surface area (Å²) in [4.78, 5) is 24.0. The van der Waals surface area contributed by atoms with Crippen molar-refractivity contribution in [1.82, 2.24) is 10.5 Å². The number of amides is 2. The Hall–Kier alpha value is -2.22. The fourth-order valence-corrected chi connectivity index (χ4v) is 2.66. The molecule has 2 unspecified atom stereocenters. The van der Waals surface area contributed by atoms with Crippen molar-refractivity contribution < 1.29 is 18.5 Å². The molecular formula is C16H21N3O4S. The molecule has 130 valence electrons. The van der Waals surface area contributed by atoms with Crippen LogP contribution in [0.3, 0.4) is 0 Å². The number of aryl methyl sites for hydroxylation is 2. The van der Waals surface area contributed by atoms with Crippen LogP contribution in [0, 0.1) is 13.8 Å². The number of carbonyl (C=O) groups is 2. The van der Waals surface area contributed by atoms with E-state index in [2.05, 4.69) is 15.8 Å². The van der Waals surface area contributed by atoms with E-state index in [4.69, 9.17) is 8.94 Å². The summed E-state index contributed by atoms with van der Waals surface area (Å²) < 4.78 is 10.4. The fraction of sp³-hybridized carbons (Fsp3) is 0.438. The molecule has 0 aliphatic carbocycles. The number of rotatable bonds is 7. The second-order valence-corrected chi connectivity index (χ2v) is 6.83. The van der Waals surface area contributed by atoms with Crippen LogP contribution in [0.4, 0.5) is 5.82 Å². The zero-order valence-electron chi connectivity index (χ0n) is 14.1. The van der Waals surface area contributed by atoms with Crippen molar-refractivity contribution >= 4 is 29.4 Å². The summed E-state index contributed by atoms with van der Waals surface area (Å²) in [5.41, 5.74) is 0. The zero-order valence-corrected chi connectivity index (χ0v) is 14.9. The van der Waals surface area contributed by atoms with E-state index in [0.717, 1.165) is 5.76 Å². The Labute approximate surface area is 144 Å². The first-order valence-electron chi connectivity index (χ1n) is 7.56. The quantitative estimate of drug-likeness (QED) is 0.796. The molecule has 0 saturated carbocycles. The second-order valence-electron chi connectivity index (χ2n) is 5.50. The minimum absolute atomic E-state index is 0.154. The van der Waals surface area contributed by atoms with Crippen LogP contribution >= 0.6 is 11.8 Å². The average molecular weight is 351 g/mol. The number of thioether (sulfide) groups is 1. The third kappa shape index (κ3) is 5.16. The van der Waals surface area contributed by atoms with E-state index in [1.165, 1.54) is 11.8 Å². The SMILES string of the molecule is Cc1cc(NC(=O)C(C)SCC(=O)NC(C)c2ccc(C)o2)no1. The number of aromatic nitrogens is 1. The number of nitrogens with zero attached hydrogens (tertiary/aromatic N) is 1. The van der Waals surface area contributed by atoms with Crippen molar-refractivity contribution in [3.63, 3.8) is 0 Å². The highest BCUT2D eigenvalue weighted by molar-refractivity contribution is 8.01. The second kappa shape index (κ2) is 8.05. The molecule has 0 spiro atoms. The molecule has 2 amide bonds. The number of hydrogen-bond donors (Lipinski definition) is 2. The van der Waals surface area contributed by atoms with Crippen molar-refractivity contribution in [3.8, 4) is 0 Å². The first-order valence-corrected chi connectivity index (χ1v) is 8.61. The van der Waals surface area contributed by atoms with Crippen molar-refractivity contribution in [2.45, 2.75) is 39.0 Å². The molecule has 0 fully saturated rings. The first kappa shape index (κ1) is 18.1. The molecule has 2 heterocycles. The maximum atomic E-state index is 12.0. The van der Waals surface area contributed by atoms with E-state index in [0.29, 0.717) is 17.3 Å². The number of anilines is 1. The van der Waals surface area contributed by atoms with Gasteiger partial charge in [0, 0.05) is 6.07 Å². The van der Waals surface area contributed by atoms with E-state index in [1.807, 2.05) is 26.0 Å². The van der Waals surface area contributed by atoms with Gasteiger partial charge in [-0.2, -0.15) is 0 Å². The number of furan rings is 1. The van der Waals surface area contributed by atoms with Crippen molar-refractivity contribution in [2.75, 3.05) is 11.1 Å². The Kier molecular flexibility index (Phi) is 6.08. The molecule has 0 radical (unpaired) electrons. The standard InChI is InChI=1S/C16H21N3O4S/c1-9-5-6-13(22-9)11(3)17-15(20)8-24-12(4)16(21)18-14-7-10(2)23-19-14/h5-7,11-12H,8H2,1-4H3,(H,17,20)(H,18,19,21). The summed E-state index contributed by atoms with van der Waals surface area (Å²) in [6.07, 6.45) is 0. The lowest BCUT2D eigenvalue weighted by Crippen LogP contribution is -2.30. The monoisotopic (exact) mass is 351 g/mol. The molecule has 0 aromatic carbocycles. The Morgan fingerprint density at radius 2 is 2.00 bits per heavy atom. The Bertz CT molecular complexity index is 710. The molecule has 2 aromatic rings. The van der Waals surface area contributed by atoms with Gasteiger partial charge in [-0.1, -0.05) is 5.16 Å². The highest BCUT2D eigenvalue weighted by Crippen LogP contribution is 2.17. The predicted octanol–water partition coefficient (Wildman–Crippen LogP) is 2.82. The van der Waals surface area contributed by atoms with Crippen LogP contribution in [0.5, 0.6) is 0 Å². The third-order valence-electron chi connectivity index (χ3n) is 3.28. The molecule has 2 atom stereocenters. The lowest BCUT2D eigenvalue weighted by Gasteiger charge is -2.13. The third-order valence-corrected chi connectivity index (χ3v) is 4.42. The number of nitrogens with one attached hydrogen (secondary N) is 2. The van der Waals surface area contributed by atoms with Crippen molar-refractivity contribution in [2.24, 2.45) is 0 Å². The first-order chi connectivity index (χ1) is 11.3. The zero-order chi connectivity index (χ0) is 17.7. The van der Waals surface area contributed by atoms with Gasteiger partial charge in [0.2, 0.25) is 11.8 Å². The van der Waals surface area contributed by atoms with E-state index >= 15 is 0 Å². The smallest absolute Gasteiger partial charge is 0.238 e. The normalized spacial score (nSPS) is 13.3. The molecule has 0 aliphatic rings. The van der Waals surface area contributed by atoms with Crippen LogP contribution in [0.15, 0.2) is 27.1 Å². The van der Waals surface area contributed by atoms with Crippen LogP contribution in [0.25, 0.3) is 0 Å². The molecule has 7 nitrogen and oxygen atoms in total. The van der Waals surface area contributed by atoms with Gasteiger partial charge in [0.05, 0.1) is 17.0 Å². The van der Waals surface area contributed by atoms with Crippen LogP contribution in [-0.2, 0) is 9.59 Å². The van der Waals surface area contributed by atoms with E-state index in [-0.39, 0.29) is 23.6 Å². The summed E-state index contributed by atoms with van der Waals surface area (Å²) in [5, 5.41) is 8.80. The molecule has 0 saturated heterocycles. The summed E-state index contributed by atoms with van der Waals surface area (Å²) in [6.45, 7) is 7.18. The lowest BCUT2D eigenvalue weighted by molar-refractivity contribution is -0.119. The summed E-state index contributed by atoms with van der Waals surface area (Å²) in [5.74, 6) is 2.29. The van der Waals surface area contributed by atoms with Gasteiger partial charge in [0.15, 0.2) is 5.82 Å². The molecule has 2 aromatic heterocycles. The van der Waals surface area contributed by atoms with E-state index in [1.54, 1.807) is 19.9 Å². The summed E-state index contributed by atoms with van der Waals surface area (Å²) in [7, 11) is 0. The highest BCUT2D eigenvalue weighted by atomic mass is 32.2. The Morgan fingerprint density at radius 3 is 2.58 bits per heavy atom. The number of carbonyl (C=O) groups excluding carboxylic acids is 2. The molecule has 0 aliphatic heterocycles. The summed E-state index contributed by atoms with van der Waals surface area (Å²) in [6, 6.07) is 5.11. The number of hydrogen-bond acceptors (Lipinski definition) is 6. The Balaban J connectivity index is 1.75.